The number of alkyl halides is 1. The SMILES string of the molecule is C=CCC(F)CC=C. The summed E-state index contributed by atoms with van der Waals surface area (Å²) in [7, 11) is 0. The van der Waals surface area contributed by atoms with Gasteiger partial charge in [0, 0.05) is 0 Å². The van der Waals surface area contributed by atoms with Crippen LogP contribution in [0.3, 0.4) is 0 Å². The molecule has 1 heteroatoms. The predicted molar refractivity (Wildman–Crippen MR) is 34.5 cm³/mol. The molecule has 0 aliphatic rings. The van der Waals surface area contributed by atoms with Gasteiger partial charge in [0.2, 0.25) is 0 Å². The summed E-state index contributed by atoms with van der Waals surface area (Å²) in [5.41, 5.74) is 0. The molecule has 0 aliphatic heterocycles. The van der Waals surface area contributed by atoms with Gasteiger partial charge in [-0.1, -0.05) is 12.2 Å². The zero-order valence-electron chi connectivity index (χ0n) is 4.94. The summed E-state index contributed by atoms with van der Waals surface area (Å²) in [6, 6.07) is 0. The Labute approximate surface area is 49.7 Å². The fraction of sp³-hybridized carbons (Fsp3) is 0.429. The number of hydrogen-bond donors (Lipinski definition) is 0. The van der Waals surface area contributed by atoms with Crippen LogP contribution in [-0.2, 0) is 0 Å². The van der Waals surface area contributed by atoms with Crippen LogP contribution in [-0.4, -0.2) is 6.17 Å². The first-order valence-electron chi connectivity index (χ1n) is 2.67. The maximum atomic E-state index is 12.3. The molecule has 0 aromatic rings. The van der Waals surface area contributed by atoms with E-state index in [2.05, 4.69) is 13.2 Å². The van der Waals surface area contributed by atoms with Crippen molar-refractivity contribution in [2.24, 2.45) is 0 Å². The van der Waals surface area contributed by atoms with Crippen molar-refractivity contribution < 1.29 is 4.39 Å². The second-order valence-corrected chi connectivity index (χ2v) is 1.65. The standard InChI is InChI=1S/C7H11F/c1-3-5-7(8)6-4-2/h3-4,7H,1-2,5-6H2. The Morgan fingerprint density at radius 2 is 1.62 bits per heavy atom. The first-order chi connectivity index (χ1) is 3.81. The molecule has 0 rings (SSSR count). The molecule has 0 amide bonds. The van der Waals surface area contributed by atoms with Gasteiger partial charge in [-0.3, -0.25) is 0 Å². The summed E-state index contributed by atoms with van der Waals surface area (Å²) in [6.45, 7) is 6.82. The highest BCUT2D eigenvalue weighted by Gasteiger charge is 1.97. The summed E-state index contributed by atoms with van der Waals surface area (Å²) in [5.74, 6) is 0. The van der Waals surface area contributed by atoms with Crippen LogP contribution in [0.1, 0.15) is 12.8 Å². The van der Waals surface area contributed by atoms with Gasteiger partial charge in [-0.05, 0) is 12.8 Å². The maximum Gasteiger partial charge on any atom is 0.107 e. The average Bonchev–Trinajstić information content (AvgIpc) is 1.68. The first-order valence-corrected chi connectivity index (χ1v) is 2.67. The Kier molecular flexibility index (Phi) is 4.23. The lowest BCUT2D eigenvalue weighted by atomic mass is 10.2. The van der Waals surface area contributed by atoms with Crippen LogP contribution in [0.4, 0.5) is 4.39 Å². The van der Waals surface area contributed by atoms with Gasteiger partial charge in [-0.25, -0.2) is 4.39 Å². The Morgan fingerprint density at radius 3 is 1.88 bits per heavy atom. The topological polar surface area (TPSA) is 0 Å². The molecular weight excluding hydrogens is 103 g/mol. The molecule has 8 heavy (non-hydrogen) atoms. The van der Waals surface area contributed by atoms with E-state index in [9.17, 15) is 4.39 Å². The maximum absolute atomic E-state index is 12.3. The summed E-state index contributed by atoms with van der Waals surface area (Å²) in [5, 5.41) is 0. The van der Waals surface area contributed by atoms with Crippen LogP contribution in [0.15, 0.2) is 25.3 Å². The van der Waals surface area contributed by atoms with E-state index < -0.39 is 6.17 Å². The zero-order valence-corrected chi connectivity index (χ0v) is 4.94. The molecule has 0 unspecified atom stereocenters. The summed E-state index contributed by atoms with van der Waals surface area (Å²) < 4.78 is 12.3. The Bertz CT molecular complexity index is 66.5. The van der Waals surface area contributed by atoms with Crippen LogP contribution < -0.4 is 0 Å². The second-order valence-electron chi connectivity index (χ2n) is 1.65. The van der Waals surface area contributed by atoms with Crippen LogP contribution in [0.25, 0.3) is 0 Å². The highest BCUT2D eigenvalue weighted by Crippen LogP contribution is 2.02. The van der Waals surface area contributed by atoms with Gasteiger partial charge in [-0.2, -0.15) is 0 Å². The number of allylic oxidation sites excluding steroid dienone is 2. The summed E-state index contributed by atoms with van der Waals surface area (Å²) in [4.78, 5) is 0. The third-order valence-electron chi connectivity index (χ3n) is 0.845. The molecule has 0 radical (unpaired) electrons. The minimum Gasteiger partial charge on any atom is -0.247 e. The fourth-order valence-corrected chi connectivity index (χ4v) is 0.458. The molecule has 0 aromatic heterocycles. The van der Waals surface area contributed by atoms with Crippen LogP contribution in [0.2, 0.25) is 0 Å². The lowest BCUT2D eigenvalue weighted by molar-refractivity contribution is 0.340. The largest absolute Gasteiger partial charge is 0.247 e. The minimum absolute atomic E-state index is 0.437. The molecular formula is C7H11F. The van der Waals surface area contributed by atoms with Crippen molar-refractivity contribution in [3.05, 3.63) is 25.3 Å². The summed E-state index contributed by atoms with van der Waals surface area (Å²) in [6.07, 6.45) is 3.26. The van der Waals surface area contributed by atoms with E-state index in [1.807, 2.05) is 0 Å². The van der Waals surface area contributed by atoms with E-state index >= 15 is 0 Å². The van der Waals surface area contributed by atoms with Gasteiger partial charge < -0.3 is 0 Å². The van der Waals surface area contributed by atoms with Crippen molar-refractivity contribution >= 4 is 0 Å². The van der Waals surface area contributed by atoms with Crippen molar-refractivity contribution in [1.82, 2.24) is 0 Å². The van der Waals surface area contributed by atoms with Gasteiger partial charge in [0.05, 0.1) is 0 Å². The van der Waals surface area contributed by atoms with Crippen molar-refractivity contribution in [2.45, 2.75) is 19.0 Å². The van der Waals surface area contributed by atoms with Gasteiger partial charge in [-0.15, -0.1) is 13.2 Å². The van der Waals surface area contributed by atoms with Crippen molar-refractivity contribution in [3.8, 4) is 0 Å². The molecule has 0 nitrogen and oxygen atoms in total. The number of rotatable bonds is 4. The highest BCUT2D eigenvalue weighted by molar-refractivity contribution is 4.78. The third-order valence-corrected chi connectivity index (χ3v) is 0.845. The smallest absolute Gasteiger partial charge is 0.107 e. The highest BCUT2D eigenvalue weighted by atomic mass is 19.1. The van der Waals surface area contributed by atoms with E-state index in [1.54, 1.807) is 12.2 Å². The minimum atomic E-state index is -0.773. The zero-order chi connectivity index (χ0) is 6.41. The molecule has 0 spiro atoms. The van der Waals surface area contributed by atoms with E-state index in [1.165, 1.54) is 0 Å². The van der Waals surface area contributed by atoms with Gasteiger partial charge in [0.15, 0.2) is 0 Å². The lowest BCUT2D eigenvalue weighted by Crippen LogP contribution is -1.93. The Hall–Kier alpha value is -0.590. The van der Waals surface area contributed by atoms with Crippen molar-refractivity contribution in [2.75, 3.05) is 0 Å². The molecule has 46 valence electrons. The average molecular weight is 114 g/mol. The van der Waals surface area contributed by atoms with Gasteiger partial charge in [0.1, 0.15) is 6.17 Å². The number of halogens is 1. The third kappa shape index (κ3) is 3.59. The van der Waals surface area contributed by atoms with E-state index in [-0.39, 0.29) is 0 Å². The van der Waals surface area contributed by atoms with Gasteiger partial charge >= 0.3 is 0 Å². The predicted octanol–water partition coefficient (Wildman–Crippen LogP) is 2.48. The fourth-order valence-electron chi connectivity index (χ4n) is 0.458. The molecule has 0 heterocycles. The molecule has 0 saturated carbocycles. The quantitative estimate of drug-likeness (QED) is 0.492. The Morgan fingerprint density at radius 1 is 1.25 bits per heavy atom. The molecule has 0 aliphatic carbocycles. The van der Waals surface area contributed by atoms with E-state index in [0.717, 1.165) is 0 Å². The molecule has 0 aromatic carbocycles. The second kappa shape index (κ2) is 4.57. The monoisotopic (exact) mass is 114 g/mol. The molecule has 0 atom stereocenters. The van der Waals surface area contributed by atoms with Crippen LogP contribution in [0, 0.1) is 0 Å². The van der Waals surface area contributed by atoms with Crippen molar-refractivity contribution in [1.29, 1.82) is 0 Å². The van der Waals surface area contributed by atoms with Crippen LogP contribution >= 0.6 is 0 Å². The number of hydrogen-bond acceptors (Lipinski definition) is 0. The molecule has 0 N–H and O–H groups in total. The normalized spacial score (nSPS) is 9.25. The van der Waals surface area contributed by atoms with Crippen molar-refractivity contribution in [3.63, 3.8) is 0 Å². The molecule has 0 bridgehead atoms. The van der Waals surface area contributed by atoms with Gasteiger partial charge in [0.25, 0.3) is 0 Å². The first kappa shape index (κ1) is 7.41. The van der Waals surface area contributed by atoms with E-state index in [4.69, 9.17) is 0 Å². The lowest BCUT2D eigenvalue weighted by Gasteiger charge is -1.97. The molecule has 0 saturated heterocycles. The van der Waals surface area contributed by atoms with Crippen LogP contribution in [0.5, 0.6) is 0 Å². The van der Waals surface area contributed by atoms with E-state index in [0.29, 0.717) is 12.8 Å². The Balaban J connectivity index is 3.16. The summed E-state index contributed by atoms with van der Waals surface area (Å²) >= 11 is 0. The molecule has 0 fully saturated rings.